The molecule has 2 amide bonds. The zero-order valence-corrected chi connectivity index (χ0v) is 22.4. The van der Waals surface area contributed by atoms with Gasteiger partial charge in [0.2, 0.25) is 11.8 Å². The summed E-state index contributed by atoms with van der Waals surface area (Å²) in [4.78, 5) is 23.3. The number of hydrogen-bond acceptors (Lipinski definition) is 6. The van der Waals surface area contributed by atoms with Gasteiger partial charge >= 0.3 is 0 Å². The summed E-state index contributed by atoms with van der Waals surface area (Å²) < 4.78 is 55.5. The predicted molar refractivity (Wildman–Crippen MR) is 145 cm³/mol. The summed E-state index contributed by atoms with van der Waals surface area (Å²) in [6.45, 7) is 1.84. The van der Waals surface area contributed by atoms with Gasteiger partial charge in [0.25, 0.3) is 10.0 Å². The molecule has 0 heterocycles. The van der Waals surface area contributed by atoms with Crippen molar-refractivity contribution in [2.24, 2.45) is 0 Å². The van der Waals surface area contributed by atoms with Crippen LogP contribution in [0.15, 0.2) is 71.6 Å². The number of hydrogen-bond donors (Lipinski definition) is 4. The van der Waals surface area contributed by atoms with E-state index in [4.69, 9.17) is 0 Å². The quantitative estimate of drug-likeness (QED) is 0.200. The largest absolute Gasteiger partial charge is 0.355 e. The Morgan fingerprint density at radius 3 is 2.37 bits per heavy atom. The number of carbonyl (C=O) groups is 2. The van der Waals surface area contributed by atoms with Crippen LogP contribution in [0.5, 0.6) is 0 Å². The van der Waals surface area contributed by atoms with Gasteiger partial charge < -0.3 is 10.6 Å². The van der Waals surface area contributed by atoms with Crippen LogP contribution in [0.4, 0.5) is 8.78 Å². The molecule has 3 aromatic carbocycles. The maximum absolute atomic E-state index is 14.8. The summed E-state index contributed by atoms with van der Waals surface area (Å²) in [7, 11) is -4.11. The Kier molecular flexibility index (Phi) is 10.4. The molecule has 0 radical (unpaired) electrons. The van der Waals surface area contributed by atoms with Gasteiger partial charge in [-0.25, -0.2) is 21.9 Å². The van der Waals surface area contributed by atoms with E-state index in [2.05, 4.69) is 23.3 Å². The van der Waals surface area contributed by atoms with Crippen LogP contribution in [0, 0.1) is 11.6 Å². The van der Waals surface area contributed by atoms with E-state index in [-0.39, 0.29) is 46.9 Å². The minimum atomic E-state index is -4.11. The summed E-state index contributed by atoms with van der Waals surface area (Å²) in [6.07, 6.45) is 0.543. The highest BCUT2D eigenvalue weighted by atomic mass is 32.2. The number of thiol groups is 1. The Labute approximate surface area is 226 Å². The molecule has 0 bridgehead atoms. The molecule has 202 valence electrons. The van der Waals surface area contributed by atoms with Crippen LogP contribution < -0.4 is 15.4 Å². The van der Waals surface area contributed by atoms with Crippen LogP contribution in [0.1, 0.15) is 24.5 Å². The normalized spacial score (nSPS) is 12.1. The molecule has 0 spiro atoms. The maximum atomic E-state index is 14.8. The molecule has 0 aromatic heterocycles. The Morgan fingerprint density at radius 1 is 0.947 bits per heavy atom. The molecule has 7 nitrogen and oxygen atoms in total. The molecular weight excluding hydrogens is 532 g/mol. The second kappa shape index (κ2) is 13.5. The molecule has 0 aliphatic heterocycles. The summed E-state index contributed by atoms with van der Waals surface area (Å²) in [5.74, 6) is -1.79. The minimum absolute atomic E-state index is 0.135. The van der Waals surface area contributed by atoms with Gasteiger partial charge in [0.05, 0.1) is 4.90 Å². The molecule has 0 aliphatic carbocycles. The smallest absolute Gasteiger partial charge is 0.264 e. The van der Waals surface area contributed by atoms with Crippen LogP contribution in [-0.2, 0) is 32.6 Å². The second-order valence-electron chi connectivity index (χ2n) is 8.64. The van der Waals surface area contributed by atoms with E-state index in [0.29, 0.717) is 29.7 Å². The van der Waals surface area contributed by atoms with Gasteiger partial charge in [0.15, 0.2) is 0 Å². The molecule has 3 aromatic rings. The van der Waals surface area contributed by atoms with Crippen LogP contribution in [0.3, 0.4) is 0 Å². The number of sulfonamides is 1. The number of amides is 2. The van der Waals surface area contributed by atoms with Crippen LogP contribution in [-0.4, -0.2) is 38.6 Å². The standard InChI is InChI=1S/C27H29F2N3O4S2/c1-18(33)32-38(35,36)26-9-5-3-7-23(26)19-10-11-21(25(29)15-19)16-30-13-12-27(34)31-17-22(37)14-20-6-2-4-8-24(20)28/h2-11,15,22,30,37H,12-14,16-17H2,1H3,(H,31,34)(H,32,33)/t22-/m1/s1. The number of benzene rings is 3. The summed E-state index contributed by atoms with van der Waals surface area (Å²) >= 11 is 4.41. The fourth-order valence-corrected chi connectivity index (χ4v) is 5.29. The van der Waals surface area contributed by atoms with Crippen molar-refractivity contribution in [2.75, 3.05) is 13.1 Å². The van der Waals surface area contributed by atoms with E-state index in [0.717, 1.165) is 6.92 Å². The molecule has 38 heavy (non-hydrogen) atoms. The molecule has 0 saturated heterocycles. The first-order valence-corrected chi connectivity index (χ1v) is 13.9. The average molecular weight is 562 g/mol. The van der Waals surface area contributed by atoms with Crippen molar-refractivity contribution >= 4 is 34.5 Å². The third-order valence-corrected chi connectivity index (χ3v) is 7.47. The number of nitrogens with one attached hydrogen (secondary N) is 3. The molecule has 0 aliphatic rings. The highest BCUT2D eigenvalue weighted by Gasteiger charge is 2.20. The first-order chi connectivity index (χ1) is 18.1. The molecule has 0 saturated carbocycles. The van der Waals surface area contributed by atoms with Gasteiger partial charge in [-0.2, -0.15) is 12.6 Å². The fourth-order valence-electron chi connectivity index (χ4n) is 3.78. The Bertz CT molecular complexity index is 1400. The van der Waals surface area contributed by atoms with E-state index in [1.807, 2.05) is 4.72 Å². The SMILES string of the molecule is CC(=O)NS(=O)(=O)c1ccccc1-c1ccc(CNCCC(=O)NC[C@H](S)Cc2ccccc2F)c(F)c1. The van der Waals surface area contributed by atoms with Crippen molar-refractivity contribution in [3.63, 3.8) is 0 Å². The topological polar surface area (TPSA) is 104 Å². The van der Waals surface area contributed by atoms with E-state index in [1.54, 1.807) is 30.3 Å². The molecule has 0 unspecified atom stereocenters. The van der Waals surface area contributed by atoms with Crippen molar-refractivity contribution < 1.29 is 26.8 Å². The van der Waals surface area contributed by atoms with E-state index in [1.165, 1.54) is 36.4 Å². The molecule has 3 rings (SSSR count). The Balaban J connectivity index is 1.50. The highest BCUT2D eigenvalue weighted by Crippen LogP contribution is 2.28. The van der Waals surface area contributed by atoms with Crippen molar-refractivity contribution in [3.8, 4) is 11.1 Å². The van der Waals surface area contributed by atoms with Crippen LogP contribution in [0.25, 0.3) is 11.1 Å². The van der Waals surface area contributed by atoms with Crippen LogP contribution in [0.2, 0.25) is 0 Å². The van der Waals surface area contributed by atoms with E-state index in [9.17, 15) is 26.8 Å². The Hall–Kier alpha value is -3.28. The predicted octanol–water partition coefficient (Wildman–Crippen LogP) is 3.59. The van der Waals surface area contributed by atoms with Crippen molar-refractivity contribution in [3.05, 3.63) is 89.5 Å². The van der Waals surface area contributed by atoms with Gasteiger partial charge in [-0.1, -0.05) is 48.5 Å². The number of halogens is 2. The average Bonchev–Trinajstić information content (AvgIpc) is 2.87. The molecule has 0 fully saturated rings. The zero-order valence-electron chi connectivity index (χ0n) is 20.7. The van der Waals surface area contributed by atoms with Crippen LogP contribution >= 0.6 is 12.6 Å². The third-order valence-electron chi connectivity index (χ3n) is 5.61. The molecular formula is C27H29F2N3O4S2. The van der Waals surface area contributed by atoms with Gasteiger partial charge in [0, 0.05) is 49.4 Å². The Morgan fingerprint density at radius 2 is 1.66 bits per heavy atom. The number of rotatable bonds is 12. The molecule has 3 N–H and O–H groups in total. The lowest BCUT2D eigenvalue weighted by Gasteiger charge is -2.13. The molecule has 1 atom stereocenters. The summed E-state index contributed by atoms with van der Waals surface area (Å²) in [5.41, 5.74) is 1.48. The highest BCUT2D eigenvalue weighted by molar-refractivity contribution is 7.90. The van der Waals surface area contributed by atoms with Gasteiger partial charge in [-0.05, 0) is 35.7 Å². The first kappa shape index (κ1) is 29.3. The van der Waals surface area contributed by atoms with Crippen molar-refractivity contribution in [2.45, 2.75) is 36.5 Å². The summed E-state index contributed by atoms with van der Waals surface area (Å²) in [6, 6.07) is 16.8. The lowest BCUT2D eigenvalue weighted by Crippen LogP contribution is -2.32. The molecule has 11 heteroatoms. The van der Waals surface area contributed by atoms with Gasteiger partial charge in [0.1, 0.15) is 11.6 Å². The summed E-state index contributed by atoms with van der Waals surface area (Å²) in [5, 5.41) is 5.53. The van der Waals surface area contributed by atoms with Gasteiger partial charge in [-0.15, -0.1) is 0 Å². The van der Waals surface area contributed by atoms with Crippen molar-refractivity contribution in [1.82, 2.24) is 15.4 Å². The van der Waals surface area contributed by atoms with Crippen molar-refractivity contribution in [1.29, 1.82) is 0 Å². The monoisotopic (exact) mass is 561 g/mol. The minimum Gasteiger partial charge on any atom is -0.355 e. The fraction of sp³-hybridized carbons (Fsp3) is 0.259. The first-order valence-electron chi connectivity index (χ1n) is 11.9. The number of carbonyl (C=O) groups excluding carboxylic acids is 2. The second-order valence-corrected chi connectivity index (χ2v) is 11.0. The lowest BCUT2D eigenvalue weighted by atomic mass is 10.0. The van der Waals surface area contributed by atoms with E-state index < -0.39 is 21.7 Å². The third kappa shape index (κ3) is 8.37. The maximum Gasteiger partial charge on any atom is 0.264 e. The lowest BCUT2D eigenvalue weighted by molar-refractivity contribution is -0.121. The zero-order chi connectivity index (χ0) is 27.7. The van der Waals surface area contributed by atoms with E-state index >= 15 is 0 Å². The van der Waals surface area contributed by atoms with Gasteiger partial charge in [-0.3, -0.25) is 9.59 Å².